The average molecular weight is 487 g/mol. The first-order valence-electron chi connectivity index (χ1n) is 12.1. The number of nitrogens with zero attached hydrogens (tertiary/aromatic N) is 3. The van der Waals surface area contributed by atoms with Gasteiger partial charge in [0.15, 0.2) is 6.61 Å². The first-order chi connectivity index (χ1) is 17.5. The highest BCUT2D eigenvalue weighted by Gasteiger charge is 2.17. The zero-order valence-electron chi connectivity index (χ0n) is 20.8. The van der Waals surface area contributed by atoms with Gasteiger partial charge in [0, 0.05) is 30.1 Å². The standard InChI is InChI=1S/C28H30N4O4/c1-18-16-36-26-8-7-22(14-24(18)26)25-15-27(31-20(3)30-25)29-19(2)21-5-4-6-23(13-21)35-17-28(33)32-9-11-34-12-10-32/h4-8,13-16,19H,9-12,17H2,1-3H3,(H,29,30,31)/t19-/m0/s1. The van der Waals surface area contributed by atoms with Crippen LogP contribution in [0.5, 0.6) is 5.75 Å². The number of ether oxygens (including phenoxy) is 2. The first-order valence-corrected chi connectivity index (χ1v) is 12.1. The van der Waals surface area contributed by atoms with E-state index in [0.717, 1.165) is 39.2 Å². The normalized spacial score (nSPS) is 14.6. The molecule has 1 N–H and O–H groups in total. The number of anilines is 1. The topological polar surface area (TPSA) is 89.7 Å². The van der Waals surface area contributed by atoms with E-state index in [2.05, 4.69) is 28.3 Å². The summed E-state index contributed by atoms with van der Waals surface area (Å²) >= 11 is 0. The van der Waals surface area contributed by atoms with Crippen LogP contribution in [0.4, 0.5) is 5.82 Å². The van der Waals surface area contributed by atoms with Gasteiger partial charge >= 0.3 is 0 Å². The molecule has 1 aliphatic rings. The number of carbonyl (C=O) groups is 1. The molecule has 0 saturated carbocycles. The SMILES string of the molecule is Cc1nc(N[C@@H](C)c2cccc(OCC(=O)N3CCOCC3)c2)cc(-c2ccc3occ(C)c3c2)n1. The predicted octanol–water partition coefficient (Wildman–Crippen LogP) is 4.92. The molecule has 0 bridgehead atoms. The number of fused-ring (bicyclic) bond motifs is 1. The van der Waals surface area contributed by atoms with Crippen LogP contribution < -0.4 is 10.1 Å². The second kappa shape index (κ2) is 10.4. The van der Waals surface area contributed by atoms with Crippen molar-refractivity contribution in [1.82, 2.24) is 14.9 Å². The van der Waals surface area contributed by atoms with E-state index in [-0.39, 0.29) is 18.6 Å². The minimum atomic E-state index is -0.0377. The maximum atomic E-state index is 12.4. The molecule has 0 unspecified atom stereocenters. The highest BCUT2D eigenvalue weighted by Crippen LogP contribution is 2.29. The smallest absolute Gasteiger partial charge is 0.260 e. The number of hydrogen-bond acceptors (Lipinski definition) is 7. The van der Waals surface area contributed by atoms with Gasteiger partial charge in [-0.25, -0.2) is 9.97 Å². The molecule has 1 amide bonds. The molecule has 1 aliphatic heterocycles. The summed E-state index contributed by atoms with van der Waals surface area (Å²) in [6, 6.07) is 15.8. The fourth-order valence-corrected chi connectivity index (χ4v) is 4.33. The van der Waals surface area contributed by atoms with Crippen molar-refractivity contribution in [2.24, 2.45) is 0 Å². The van der Waals surface area contributed by atoms with Gasteiger partial charge in [0.2, 0.25) is 0 Å². The summed E-state index contributed by atoms with van der Waals surface area (Å²) in [4.78, 5) is 23.4. The second-order valence-electron chi connectivity index (χ2n) is 9.04. The lowest BCUT2D eigenvalue weighted by Crippen LogP contribution is -2.42. The van der Waals surface area contributed by atoms with Crippen molar-refractivity contribution < 1.29 is 18.7 Å². The summed E-state index contributed by atoms with van der Waals surface area (Å²) in [6.45, 7) is 8.37. The number of nitrogens with one attached hydrogen (secondary N) is 1. The van der Waals surface area contributed by atoms with Crippen LogP contribution in [0.2, 0.25) is 0 Å². The molecule has 186 valence electrons. The molecule has 1 atom stereocenters. The van der Waals surface area contributed by atoms with Gasteiger partial charge in [-0.1, -0.05) is 12.1 Å². The van der Waals surface area contributed by atoms with E-state index in [1.54, 1.807) is 11.2 Å². The number of aryl methyl sites for hydroxylation is 2. The van der Waals surface area contributed by atoms with Crippen LogP contribution in [-0.2, 0) is 9.53 Å². The molecule has 2 aromatic heterocycles. The molecular weight excluding hydrogens is 456 g/mol. The fraction of sp³-hybridized carbons (Fsp3) is 0.321. The summed E-state index contributed by atoms with van der Waals surface area (Å²) < 4.78 is 16.7. The lowest BCUT2D eigenvalue weighted by molar-refractivity contribution is -0.137. The van der Waals surface area contributed by atoms with Gasteiger partial charge in [0.25, 0.3) is 5.91 Å². The third kappa shape index (κ3) is 5.33. The summed E-state index contributed by atoms with van der Waals surface area (Å²) in [6.07, 6.45) is 1.77. The molecule has 3 heterocycles. The monoisotopic (exact) mass is 486 g/mol. The number of benzene rings is 2. The van der Waals surface area contributed by atoms with Crippen molar-refractivity contribution in [2.45, 2.75) is 26.8 Å². The Morgan fingerprint density at radius 3 is 2.78 bits per heavy atom. The molecule has 8 heteroatoms. The molecule has 2 aromatic carbocycles. The van der Waals surface area contributed by atoms with E-state index in [1.807, 2.05) is 56.3 Å². The number of amides is 1. The van der Waals surface area contributed by atoms with Crippen LogP contribution >= 0.6 is 0 Å². The molecule has 0 aliphatic carbocycles. The van der Waals surface area contributed by atoms with Crippen molar-refractivity contribution in [2.75, 3.05) is 38.2 Å². The molecule has 0 radical (unpaired) electrons. The molecule has 8 nitrogen and oxygen atoms in total. The van der Waals surface area contributed by atoms with Gasteiger partial charge in [0.05, 0.1) is 31.2 Å². The summed E-state index contributed by atoms with van der Waals surface area (Å²) in [7, 11) is 0. The molecule has 1 saturated heterocycles. The van der Waals surface area contributed by atoms with Crippen LogP contribution in [0, 0.1) is 13.8 Å². The quantitative estimate of drug-likeness (QED) is 0.397. The number of rotatable bonds is 7. The minimum absolute atomic E-state index is 0.0141. The largest absolute Gasteiger partial charge is 0.484 e. The lowest BCUT2D eigenvalue weighted by atomic mass is 10.1. The average Bonchev–Trinajstić information content (AvgIpc) is 3.27. The molecule has 36 heavy (non-hydrogen) atoms. The van der Waals surface area contributed by atoms with Gasteiger partial charge in [-0.15, -0.1) is 0 Å². The van der Waals surface area contributed by atoms with Gasteiger partial charge in [-0.3, -0.25) is 4.79 Å². The Morgan fingerprint density at radius 2 is 1.94 bits per heavy atom. The third-order valence-corrected chi connectivity index (χ3v) is 6.35. The Balaban J connectivity index is 1.28. The van der Waals surface area contributed by atoms with Crippen LogP contribution in [-0.4, -0.2) is 53.7 Å². The van der Waals surface area contributed by atoms with E-state index >= 15 is 0 Å². The lowest BCUT2D eigenvalue weighted by Gasteiger charge is -2.26. The zero-order valence-corrected chi connectivity index (χ0v) is 20.8. The Morgan fingerprint density at radius 1 is 1.11 bits per heavy atom. The highest BCUT2D eigenvalue weighted by atomic mass is 16.5. The Kier molecular flexibility index (Phi) is 6.86. The molecule has 4 aromatic rings. The maximum absolute atomic E-state index is 12.4. The minimum Gasteiger partial charge on any atom is -0.484 e. The first kappa shape index (κ1) is 23.8. The number of furan rings is 1. The molecule has 1 fully saturated rings. The van der Waals surface area contributed by atoms with E-state index in [9.17, 15) is 4.79 Å². The van der Waals surface area contributed by atoms with Gasteiger partial charge in [-0.05, 0) is 62.2 Å². The second-order valence-corrected chi connectivity index (χ2v) is 9.04. The number of morpholine rings is 1. The van der Waals surface area contributed by atoms with Crippen LogP contribution in [0.15, 0.2) is 59.2 Å². The zero-order chi connectivity index (χ0) is 25.1. The van der Waals surface area contributed by atoms with Gasteiger partial charge in [-0.2, -0.15) is 0 Å². The number of aromatic nitrogens is 2. The van der Waals surface area contributed by atoms with Gasteiger partial charge < -0.3 is 24.1 Å². The Bertz CT molecular complexity index is 1380. The van der Waals surface area contributed by atoms with Crippen molar-refractivity contribution in [3.63, 3.8) is 0 Å². The van der Waals surface area contributed by atoms with Crippen LogP contribution in [0.25, 0.3) is 22.2 Å². The van der Waals surface area contributed by atoms with E-state index < -0.39 is 0 Å². The Hall–Kier alpha value is -3.91. The van der Waals surface area contributed by atoms with Crippen molar-refractivity contribution in [1.29, 1.82) is 0 Å². The number of hydrogen-bond donors (Lipinski definition) is 1. The molecule has 5 rings (SSSR count). The van der Waals surface area contributed by atoms with Gasteiger partial charge in [0.1, 0.15) is 23.0 Å². The van der Waals surface area contributed by atoms with Crippen molar-refractivity contribution in [3.8, 4) is 17.0 Å². The van der Waals surface area contributed by atoms with E-state index in [0.29, 0.717) is 37.9 Å². The highest BCUT2D eigenvalue weighted by molar-refractivity contribution is 5.85. The Labute approximate surface area is 210 Å². The predicted molar refractivity (Wildman–Crippen MR) is 138 cm³/mol. The van der Waals surface area contributed by atoms with Crippen molar-refractivity contribution >= 4 is 22.7 Å². The maximum Gasteiger partial charge on any atom is 0.260 e. The summed E-state index contributed by atoms with van der Waals surface area (Å²) in [5, 5.41) is 4.56. The molecule has 0 spiro atoms. The molecular formula is C28H30N4O4. The van der Waals surface area contributed by atoms with E-state index in [4.69, 9.17) is 13.9 Å². The summed E-state index contributed by atoms with van der Waals surface area (Å²) in [5.74, 6) is 2.06. The van der Waals surface area contributed by atoms with E-state index in [1.165, 1.54) is 0 Å². The summed E-state index contributed by atoms with van der Waals surface area (Å²) in [5.41, 5.74) is 4.84. The van der Waals surface area contributed by atoms with Crippen molar-refractivity contribution in [3.05, 3.63) is 71.7 Å². The van der Waals surface area contributed by atoms with Crippen LogP contribution in [0.1, 0.15) is 29.9 Å². The third-order valence-electron chi connectivity index (χ3n) is 6.35. The fourth-order valence-electron chi connectivity index (χ4n) is 4.33. The van der Waals surface area contributed by atoms with Crippen LogP contribution in [0.3, 0.4) is 0 Å². The number of carbonyl (C=O) groups excluding carboxylic acids is 1.